The standard InChI is InChI=1S/C19H18FN3O2S3/c1-12(17(24)21-15-5-3-4-14(20)10-15)27-19-23-22-18(28-19)26-11-13-6-8-16(25-2)9-7-13/h3-10,12H,11H2,1-2H3,(H,21,24). The first-order valence-electron chi connectivity index (χ1n) is 8.36. The third-order valence-corrected chi connectivity index (χ3v) is 6.96. The largest absolute Gasteiger partial charge is 0.497 e. The summed E-state index contributed by atoms with van der Waals surface area (Å²) < 4.78 is 19.9. The van der Waals surface area contributed by atoms with Gasteiger partial charge in [-0.15, -0.1) is 10.2 Å². The lowest BCUT2D eigenvalue weighted by Crippen LogP contribution is -2.22. The number of aromatic nitrogens is 2. The van der Waals surface area contributed by atoms with Crippen molar-refractivity contribution in [1.82, 2.24) is 10.2 Å². The number of carbonyl (C=O) groups is 1. The van der Waals surface area contributed by atoms with Crippen LogP contribution in [0, 0.1) is 5.82 Å². The van der Waals surface area contributed by atoms with E-state index >= 15 is 0 Å². The highest BCUT2D eigenvalue weighted by atomic mass is 32.2. The molecule has 1 heterocycles. The molecule has 0 aliphatic rings. The molecule has 2 aromatic carbocycles. The molecule has 1 amide bonds. The van der Waals surface area contributed by atoms with E-state index in [1.165, 1.54) is 35.2 Å². The molecule has 146 valence electrons. The summed E-state index contributed by atoms with van der Waals surface area (Å²) >= 11 is 4.38. The van der Waals surface area contributed by atoms with Gasteiger partial charge >= 0.3 is 0 Å². The summed E-state index contributed by atoms with van der Waals surface area (Å²) in [5.41, 5.74) is 1.60. The third kappa shape index (κ3) is 5.95. The van der Waals surface area contributed by atoms with Gasteiger partial charge in [0.25, 0.3) is 0 Å². The zero-order chi connectivity index (χ0) is 19.9. The van der Waals surface area contributed by atoms with Crippen molar-refractivity contribution >= 4 is 46.5 Å². The Bertz CT molecular complexity index is 934. The Balaban J connectivity index is 1.50. The van der Waals surface area contributed by atoms with Crippen molar-refractivity contribution in [2.75, 3.05) is 12.4 Å². The molecule has 0 saturated carbocycles. The number of anilines is 1. The summed E-state index contributed by atoms with van der Waals surface area (Å²) in [6, 6.07) is 13.7. The van der Waals surface area contributed by atoms with Gasteiger partial charge in [0.1, 0.15) is 11.6 Å². The first-order valence-corrected chi connectivity index (χ1v) is 11.0. The number of hydrogen-bond acceptors (Lipinski definition) is 7. The van der Waals surface area contributed by atoms with E-state index in [9.17, 15) is 9.18 Å². The van der Waals surface area contributed by atoms with Crippen LogP contribution in [0.15, 0.2) is 57.2 Å². The maximum absolute atomic E-state index is 13.2. The van der Waals surface area contributed by atoms with Crippen molar-refractivity contribution in [3.05, 3.63) is 59.9 Å². The third-order valence-electron chi connectivity index (χ3n) is 3.65. The second-order valence-electron chi connectivity index (χ2n) is 5.73. The SMILES string of the molecule is COc1ccc(CSc2nnc(SC(C)C(=O)Nc3cccc(F)c3)s2)cc1. The van der Waals surface area contributed by atoms with Gasteiger partial charge in [-0.25, -0.2) is 4.39 Å². The average Bonchev–Trinajstić information content (AvgIpc) is 3.14. The molecule has 1 aromatic heterocycles. The molecule has 1 unspecified atom stereocenters. The molecule has 0 fully saturated rings. The number of amides is 1. The van der Waals surface area contributed by atoms with Gasteiger partial charge in [-0.1, -0.05) is 53.1 Å². The van der Waals surface area contributed by atoms with Crippen molar-refractivity contribution in [2.24, 2.45) is 0 Å². The van der Waals surface area contributed by atoms with Crippen LogP contribution >= 0.6 is 34.9 Å². The number of rotatable bonds is 8. The lowest BCUT2D eigenvalue weighted by atomic mass is 10.2. The predicted molar refractivity (Wildman–Crippen MR) is 113 cm³/mol. The molecule has 5 nitrogen and oxygen atoms in total. The Morgan fingerprint density at radius 3 is 2.68 bits per heavy atom. The van der Waals surface area contributed by atoms with E-state index in [0.717, 1.165) is 25.7 Å². The van der Waals surface area contributed by atoms with Gasteiger partial charge < -0.3 is 10.1 Å². The Morgan fingerprint density at radius 2 is 1.96 bits per heavy atom. The molecule has 0 radical (unpaired) electrons. The summed E-state index contributed by atoms with van der Waals surface area (Å²) in [6.45, 7) is 1.78. The second-order valence-corrected chi connectivity index (χ2v) is 9.52. The van der Waals surface area contributed by atoms with Crippen LogP contribution in [0.3, 0.4) is 0 Å². The van der Waals surface area contributed by atoms with E-state index in [-0.39, 0.29) is 17.0 Å². The molecular formula is C19H18FN3O2S3. The molecular weight excluding hydrogens is 417 g/mol. The van der Waals surface area contributed by atoms with Crippen LogP contribution in [0.5, 0.6) is 5.75 Å². The van der Waals surface area contributed by atoms with E-state index in [1.807, 2.05) is 24.3 Å². The number of benzene rings is 2. The topological polar surface area (TPSA) is 64.1 Å². The van der Waals surface area contributed by atoms with Gasteiger partial charge in [-0.2, -0.15) is 0 Å². The smallest absolute Gasteiger partial charge is 0.237 e. The summed E-state index contributed by atoms with van der Waals surface area (Å²) in [6.07, 6.45) is 0. The maximum Gasteiger partial charge on any atom is 0.237 e. The van der Waals surface area contributed by atoms with E-state index in [1.54, 1.807) is 37.9 Å². The highest BCUT2D eigenvalue weighted by molar-refractivity contribution is 8.03. The minimum atomic E-state index is -0.388. The van der Waals surface area contributed by atoms with Crippen LogP contribution in [0.2, 0.25) is 0 Å². The summed E-state index contributed by atoms with van der Waals surface area (Å²) in [7, 11) is 1.64. The van der Waals surface area contributed by atoms with Gasteiger partial charge in [0.2, 0.25) is 5.91 Å². The van der Waals surface area contributed by atoms with Crippen LogP contribution in [0.25, 0.3) is 0 Å². The van der Waals surface area contributed by atoms with Crippen LogP contribution in [-0.2, 0) is 10.5 Å². The van der Waals surface area contributed by atoms with Gasteiger partial charge in [-0.05, 0) is 42.8 Å². The Morgan fingerprint density at radius 1 is 1.21 bits per heavy atom. The lowest BCUT2D eigenvalue weighted by Gasteiger charge is -2.10. The molecule has 9 heteroatoms. The molecule has 1 N–H and O–H groups in total. The number of nitrogens with zero attached hydrogens (tertiary/aromatic N) is 2. The van der Waals surface area contributed by atoms with Crippen molar-refractivity contribution < 1.29 is 13.9 Å². The zero-order valence-electron chi connectivity index (χ0n) is 15.2. The first-order chi connectivity index (χ1) is 13.5. The normalized spacial score (nSPS) is 11.8. The summed E-state index contributed by atoms with van der Waals surface area (Å²) in [5, 5.41) is 10.7. The van der Waals surface area contributed by atoms with Crippen LogP contribution in [-0.4, -0.2) is 28.5 Å². The molecule has 0 aliphatic heterocycles. The minimum Gasteiger partial charge on any atom is -0.497 e. The number of methoxy groups -OCH3 is 1. The fourth-order valence-corrected chi connectivity index (χ4v) is 5.30. The maximum atomic E-state index is 13.2. The summed E-state index contributed by atoms with van der Waals surface area (Å²) in [4.78, 5) is 12.3. The van der Waals surface area contributed by atoms with Gasteiger partial charge in [0.15, 0.2) is 8.68 Å². The molecule has 0 aliphatic carbocycles. The van der Waals surface area contributed by atoms with Gasteiger partial charge in [0, 0.05) is 11.4 Å². The van der Waals surface area contributed by atoms with Crippen LogP contribution in [0.1, 0.15) is 12.5 Å². The fourth-order valence-electron chi connectivity index (χ4n) is 2.18. The average molecular weight is 436 g/mol. The molecule has 0 saturated heterocycles. The number of ether oxygens (including phenoxy) is 1. The Labute approximate surface area is 175 Å². The summed E-state index contributed by atoms with van der Waals surface area (Å²) in [5.74, 6) is 1.01. The molecule has 0 spiro atoms. The molecule has 3 rings (SSSR count). The van der Waals surface area contributed by atoms with E-state index in [0.29, 0.717) is 5.69 Å². The number of nitrogens with one attached hydrogen (secondary N) is 1. The predicted octanol–water partition coefficient (Wildman–Crippen LogP) is 5.10. The fraction of sp³-hybridized carbons (Fsp3) is 0.211. The first kappa shape index (κ1) is 20.6. The number of halogens is 1. The van der Waals surface area contributed by atoms with E-state index in [2.05, 4.69) is 15.5 Å². The highest BCUT2D eigenvalue weighted by Gasteiger charge is 2.17. The highest BCUT2D eigenvalue weighted by Crippen LogP contribution is 2.33. The lowest BCUT2D eigenvalue weighted by molar-refractivity contribution is -0.115. The Hall–Kier alpha value is -2.10. The van der Waals surface area contributed by atoms with Crippen molar-refractivity contribution in [2.45, 2.75) is 26.6 Å². The van der Waals surface area contributed by atoms with Crippen molar-refractivity contribution in [1.29, 1.82) is 0 Å². The second kappa shape index (κ2) is 9.90. The van der Waals surface area contributed by atoms with Crippen molar-refractivity contribution in [3.63, 3.8) is 0 Å². The number of carbonyl (C=O) groups excluding carboxylic acids is 1. The van der Waals surface area contributed by atoms with E-state index in [4.69, 9.17) is 4.74 Å². The monoisotopic (exact) mass is 435 g/mol. The van der Waals surface area contributed by atoms with Crippen LogP contribution < -0.4 is 10.1 Å². The van der Waals surface area contributed by atoms with Crippen LogP contribution in [0.4, 0.5) is 10.1 Å². The van der Waals surface area contributed by atoms with Crippen molar-refractivity contribution in [3.8, 4) is 5.75 Å². The minimum absolute atomic E-state index is 0.210. The Kier molecular flexibility index (Phi) is 7.30. The molecule has 3 aromatic rings. The quantitative estimate of drug-likeness (QED) is 0.497. The molecule has 0 bridgehead atoms. The molecule has 1 atom stereocenters. The van der Waals surface area contributed by atoms with Gasteiger partial charge in [-0.3, -0.25) is 4.79 Å². The van der Waals surface area contributed by atoms with E-state index < -0.39 is 0 Å². The number of hydrogen-bond donors (Lipinski definition) is 1. The number of thioether (sulfide) groups is 2. The zero-order valence-corrected chi connectivity index (χ0v) is 17.7. The van der Waals surface area contributed by atoms with Gasteiger partial charge in [0.05, 0.1) is 12.4 Å². The molecule has 28 heavy (non-hydrogen) atoms.